The first kappa shape index (κ1) is 18.4. The van der Waals surface area contributed by atoms with Gasteiger partial charge in [-0.2, -0.15) is 5.10 Å². The molecule has 2 heterocycles. The lowest BCUT2D eigenvalue weighted by Gasteiger charge is -2.22. The van der Waals surface area contributed by atoms with Crippen LogP contribution in [0, 0.1) is 13.8 Å². The number of nitrogens with one attached hydrogen (secondary N) is 2. The van der Waals surface area contributed by atoms with Crippen LogP contribution in [0.1, 0.15) is 34.8 Å². The van der Waals surface area contributed by atoms with E-state index in [0.717, 1.165) is 22.6 Å². The number of benzene rings is 1. The molecule has 2 aromatic heterocycles. The fraction of sp³-hybridized carbons (Fsp3) is 0.300. The number of amides is 1. The summed E-state index contributed by atoms with van der Waals surface area (Å²) in [5.41, 5.74) is 3.70. The van der Waals surface area contributed by atoms with Crippen molar-refractivity contribution in [2.45, 2.75) is 32.9 Å². The standard InChI is InChI=1S/C20H24N4OS/c1-13-18(15(3)24(4)23-13)22-20(25)14(2)21-19(17-11-8-12-26-17)16-9-6-5-7-10-16/h5-12,14,19,21H,1-4H3,(H,22,25)/t14-,19-/m0/s1. The van der Waals surface area contributed by atoms with Gasteiger partial charge in [0, 0.05) is 11.9 Å². The zero-order valence-electron chi connectivity index (χ0n) is 15.5. The van der Waals surface area contributed by atoms with Gasteiger partial charge >= 0.3 is 0 Å². The highest BCUT2D eigenvalue weighted by molar-refractivity contribution is 7.10. The molecular formula is C20H24N4OS. The molecule has 6 heteroatoms. The minimum Gasteiger partial charge on any atom is -0.322 e. The van der Waals surface area contributed by atoms with Crippen LogP contribution in [0.15, 0.2) is 47.8 Å². The van der Waals surface area contributed by atoms with Gasteiger partial charge < -0.3 is 5.32 Å². The fourth-order valence-corrected chi connectivity index (χ4v) is 3.77. The summed E-state index contributed by atoms with van der Waals surface area (Å²) in [6.45, 7) is 5.74. The second kappa shape index (κ2) is 7.85. The van der Waals surface area contributed by atoms with Crippen LogP contribution < -0.4 is 10.6 Å². The van der Waals surface area contributed by atoms with Crippen molar-refractivity contribution in [3.8, 4) is 0 Å². The number of hydrogen-bond donors (Lipinski definition) is 2. The smallest absolute Gasteiger partial charge is 0.241 e. The molecule has 26 heavy (non-hydrogen) atoms. The van der Waals surface area contributed by atoms with E-state index in [1.165, 1.54) is 4.88 Å². The van der Waals surface area contributed by atoms with Crippen LogP contribution in [0.25, 0.3) is 0 Å². The molecule has 1 aromatic carbocycles. The van der Waals surface area contributed by atoms with Gasteiger partial charge in [0.15, 0.2) is 0 Å². The predicted octanol–water partition coefficient (Wildman–Crippen LogP) is 3.80. The summed E-state index contributed by atoms with van der Waals surface area (Å²) in [5.74, 6) is -0.0679. The van der Waals surface area contributed by atoms with Crippen molar-refractivity contribution in [2.24, 2.45) is 7.05 Å². The van der Waals surface area contributed by atoms with Gasteiger partial charge in [0.25, 0.3) is 0 Å². The Morgan fingerprint density at radius 3 is 2.46 bits per heavy atom. The third-order valence-electron chi connectivity index (χ3n) is 4.53. The summed E-state index contributed by atoms with van der Waals surface area (Å²) in [7, 11) is 1.88. The molecule has 136 valence electrons. The summed E-state index contributed by atoms with van der Waals surface area (Å²) >= 11 is 1.68. The van der Waals surface area contributed by atoms with E-state index in [-0.39, 0.29) is 18.0 Å². The number of rotatable bonds is 6. The van der Waals surface area contributed by atoms with E-state index < -0.39 is 0 Å². The van der Waals surface area contributed by atoms with Gasteiger partial charge in [-0.3, -0.25) is 14.8 Å². The SMILES string of the molecule is Cc1nn(C)c(C)c1NC(=O)[C@H](C)N[C@@H](c1ccccc1)c1cccs1. The molecule has 2 atom stereocenters. The molecule has 0 radical (unpaired) electrons. The van der Waals surface area contributed by atoms with Crippen LogP contribution in [0.4, 0.5) is 5.69 Å². The molecule has 0 saturated heterocycles. The molecule has 2 N–H and O–H groups in total. The minimum absolute atomic E-state index is 0.0203. The maximum absolute atomic E-state index is 12.8. The normalized spacial score (nSPS) is 13.4. The second-order valence-corrected chi connectivity index (χ2v) is 7.39. The topological polar surface area (TPSA) is 59.0 Å². The molecule has 0 bridgehead atoms. The van der Waals surface area contributed by atoms with Gasteiger partial charge in [-0.1, -0.05) is 36.4 Å². The molecule has 0 aliphatic rings. The number of nitrogens with zero attached hydrogens (tertiary/aromatic N) is 2. The Labute approximate surface area is 158 Å². The van der Waals surface area contributed by atoms with Gasteiger partial charge in [-0.15, -0.1) is 11.3 Å². The Morgan fingerprint density at radius 1 is 1.15 bits per heavy atom. The Morgan fingerprint density at radius 2 is 1.88 bits per heavy atom. The number of aryl methyl sites for hydroxylation is 2. The average molecular weight is 369 g/mol. The van der Waals surface area contributed by atoms with Crippen LogP contribution in [0.5, 0.6) is 0 Å². The summed E-state index contributed by atoms with van der Waals surface area (Å²) in [6.07, 6.45) is 0. The Kier molecular flexibility index (Phi) is 5.54. The molecule has 0 aliphatic carbocycles. The predicted molar refractivity (Wildman–Crippen MR) is 107 cm³/mol. The Bertz CT molecular complexity index is 871. The first-order valence-electron chi connectivity index (χ1n) is 8.63. The Hall–Kier alpha value is -2.44. The quantitative estimate of drug-likeness (QED) is 0.696. The van der Waals surface area contributed by atoms with Crippen LogP contribution in [0.2, 0.25) is 0 Å². The average Bonchev–Trinajstić information content (AvgIpc) is 3.25. The minimum atomic E-state index is -0.360. The van der Waals surface area contributed by atoms with Crippen molar-refractivity contribution >= 4 is 22.9 Å². The fourth-order valence-electron chi connectivity index (χ4n) is 2.96. The van der Waals surface area contributed by atoms with Crippen molar-refractivity contribution in [3.05, 3.63) is 69.7 Å². The van der Waals surface area contributed by atoms with Gasteiger partial charge in [0.2, 0.25) is 5.91 Å². The van der Waals surface area contributed by atoms with Gasteiger partial charge in [0.05, 0.1) is 29.2 Å². The molecule has 0 saturated carbocycles. The van der Waals surface area contributed by atoms with E-state index in [9.17, 15) is 4.79 Å². The molecule has 0 unspecified atom stereocenters. The van der Waals surface area contributed by atoms with Gasteiger partial charge in [-0.05, 0) is 37.8 Å². The molecule has 0 aliphatic heterocycles. The van der Waals surface area contributed by atoms with Crippen molar-refractivity contribution in [3.63, 3.8) is 0 Å². The van der Waals surface area contributed by atoms with Crippen LogP contribution in [-0.2, 0) is 11.8 Å². The van der Waals surface area contributed by atoms with Crippen molar-refractivity contribution in [1.29, 1.82) is 0 Å². The van der Waals surface area contributed by atoms with E-state index in [1.54, 1.807) is 16.0 Å². The van der Waals surface area contributed by atoms with E-state index in [2.05, 4.69) is 39.3 Å². The van der Waals surface area contributed by atoms with Gasteiger partial charge in [-0.25, -0.2) is 0 Å². The summed E-state index contributed by atoms with van der Waals surface area (Å²) in [4.78, 5) is 13.9. The van der Waals surface area contributed by atoms with Crippen molar-refractivity contribution in [2.75, 3.05) is 5.32 Å². The summed E-state index contributed by atoms with van der Waals surface area (Å²) in [6, 6.07) is 13.9. The monoisotopic (exact) mass is 368 g/mol. The number of aromatic nitrogens is 2. The van der Waals surface area contributed by atoms with Crippen LogP contribution in [-0.4, -0.2) is 21.7 Å². The van der Waals surface area contributed by atoms with Gasteiger partial charge in [0.1, 0.15) is 0 Å². The summed E-state index contributed by atoms with van der Waals surface area (Å²) < 4.78 is 1.78. The Balaban J connectivity index is 1.77. The highest BCUT2D eigenvalue weighted by atomic mass is 32.1. The summed E-state index contributed by atoms with van der Waals surface area (Å²) in [5, 5.41) is 12.9. The number of hydrogen-bond acceptors (Lipinski definition) is 4. The number of anilines is 1. The lowest BCUT2D eigenvalue weighted by atomic mass is 10.0. The first-order chi connectivity index (χ1) is 12.5. The maximum atomic E-state index is 12.8. The van der Waals surface area contributed by atoms with E-state index in [1.807, 2.05) is 52.1 Å². The van der Waals surface area contributed by atoms with E-state index in [4.69, 9.17) is 0 Å². The van der Waals surface area contributed by atoms with E-state index >= 15 is 0 Å². The van der Waals surface area contributed by atoms with Crippen molar-refractivity contribution < 1.29 is 4.79 Å². The lowest BCUT2D eigenvalue weighted by molar-refractivity contribution is -0.117. The largest absolute Gasteiger partial charge is 0.322 e. The number of thiophene rings is 1. The third kappa shape index (κ3) is 3.86. The third-order valence-corrected chi connectivity index (χ3v) is 5.46. The highest BCUT2D eigenvalue weighted by Gasteiger charge is 2.23. The van der Waals surface area contributed by atoms with E-state index in [0.29, 0.717) is 0 Å². The molecule has 5 nitrogen and oxygen atoms in total. The molecular weight excluding hydrogens is 344 g/mol. The lowest BCUT2D eigenvalue weighted by Crippen LogP contribution is -2.40. The number of carbonyl (C=O) groups is 1. The molecule has 0 fully saturated rings. The zero-order valence-corrected chi connectivity index (χ0v) is 16.3. The van der Waals surface area contributed by atoms with Crippen LogP contribution >= 0.6 is 11.3 Å². The molecule has 1 amide bonds. The highest BCUT2D eigenvalue weighted by Crippen LogP contribution is 2.26. The molecule has 0 spiro atoms. The zero-order chi connectivity index (χ0) is 18.7. The number of carbonyl (C=O) groups excluding carboxylic acids is 1. The second-order valence-electron chi connectivity index (χ2n) is 6.41. The molecule has 3 rings (SSSR count). The van der Waals surface area contributed by atoms with Crippen LogP contribution in [0.3, 0.4) is 0 Å². The maximum Gasteiger partial charge on any atom is 0.241 e. The first-order valence-corrected chi connectivity index (χ1v) is 9.50. The molecule has 3 aromatic rings. The van der Waals surface area contributed by atoms with Crippen molar-refractivity contribution in [1.82, 2.24) is 15.1 Å².